The second-order valence-electron chi connectivity index (χ2n) is 5.57. The molecule has 0 unspecified atom stereocenters. The number of nitrogens with one attached hydrogen (secondary N) is 1. The molecule has 0 aliphatic carbocycles. The first-order chi connectivity index (χ1) is 12.6. The first kappa shape index (κ1) is 18.2. The van der Waals surface area contributed by atoms with E-state index in [9.17, 15) is 4.79 Å². The number of hydrogen-bond acceptors (Lipinski definition) is 4. The highest BCUT2D eigenvalue weighted by Gasteiger charge is 2.09. The number of anilines is 1. The number of carbonyl (C=O) groups is 1. The monoisotopic (exact) mass is 387 g/mol. The third-order valence-corrected chi connectivity index (χ3v) is 4.75. The van der Waals surface area contributed by atoms with Gasteiger partial charge < -0.3 is 15.0 Å². The molecule has 2 aromatic carbocycles. The number of amides is 2. The average molecular weight is 388 g/mol. The van der Waals surface area contributed by atoms with Crippen LogP contribution in [0.25, 0.3) is 10.6 Å². The van der Waals surface area contributed by atoms with Gasteiger partial charge in [0.2, 0.25) is 0 Å². The summed E-state index contributed by atoms with van der Waals surface area (Å²) in [5.41, 5.74) is 1.77. The van der Waals surface area contributed by atoms with Crippen molar-refractivity contribution in [2.45, 2.75) is 0 Å². The van der Waals surface area contributed by atoms with Gasteiger partial charge in [0.25, 0.3) is 0 Å². The molecule has 26 heavy (non-hydrogen) atoms. The Bertz CT molecular complexity index is 836. The highest BCUT2D eigenvalue weighted by molar-refractivity contribution is 7.13. The number of hydrogen-bond donors (Lipinski definition) is 1. The summed E-state index contributed by atoms with van der Waals surface area (Å²) in [7, 11) is 1.73. The van der Waals surface area contributed by atoms with Crippen molar-refractivity contribution in [1.29, 1.82) is 0 Å². The van der Waals surface area contributed by atoms with Crippen LogP contribution in [0.4, 0.5) is 10.5 Å². The van der Waals surface area contributed by atoms with Gasteiger partial charge in [-0.15, -0.1) is 11.3 Å². The third kappa shape index (κ3) is 4.97. The summed E-state index contributed by atoms with van der Waals surface area (Å²) < 4.78 is 5.60. The molecule has 134 valence electrons. The molecule has 1 heterocycles. The minimum Gasteiger partial charge on any atom is -0.492 e. The minimum absolute atomic E-state index is 0.188. The van der Waals surface area contributed by atoms with Crippen LogP contribution in [0.3, 0.4) is 0 Å². The number of benzene rings is 2. The summed E-state index contributed by atoms with van der Waals surface area (Å²) >= 11 is 7.41. The normalized spacial score (nSPS) is 10.4. The summed E-state index contributed by atoms with van der Waals surface area (Å²) in [5, 5.41) is 6.42. The molecule has 0 saturated heterocycles. The van der Waals surface area contributed by atoms with Crippen LogP contribution in [0.15, 0.2) is 60.1 Å². The van der Waals surface area contributed by atoms with Crippen LogP contribution in [0.2, 0.25) is 5.02 Å². The first-order valence-electron chi connectivity index (χ1n) is 8.02. The summed E-state index contributed by atoms with van der Waals surface area (Å²) in [6, 6.07) is 14.6. The molecule has 3 aromatic rings. The number of aromatic nitrogens is 1. The van der Waals surface area contributed by atoms with Crippen LogP contribution < -0.4 is 10.1 Å². The molecular weight excluding hydrogens is 370 g/mol. The average Bonchev–Trinajstić information content (AvgIpc) is 3.18. The molecule has 0 fully saturated rings. The number of halogens is 1. The smallest absolute Gasteiger partial charge is 0.321 e. The van der Waals surface area contributed by atoms with Gasteiger partial charge in [0, 0.05) is 34.9 Å². The van der Waals surface area contributed by atoms with Crippen LogP contribution in [-0.2, 0) is 0 Å². The lowest BCUT2D eigenvalue weighted by Gasteiger charge is -2.18. The number of nitrogens with zero attached hydrogens (tertiary/aromatic N) is 2. The zero-order valence-electron chi connectivity index (χ0n) is 14.2. The lowest BCUT2D eigenvalue weighted by molar-refractivity contribution is 0.207. The van der Waals surface area contributed by atoms with Crippen molar-refractivity contribution in [3.63, 3.8) is 0 Å². The Morgan fingerprint density at radius 3 is 2.58 bits per heavy atom. The van der Waals surface area contributed by atoms with E-state index in [0.29, 0.717) is 18.2 Å². The fourth-order valence-corrected chi connectivity index (χ4v) is 2.98. The summed E-state index contributed by atoms with van der Waals surface area (Å²) in [5.74, 6) is 0.723. The number of thiazole rings is 1. The van der Waals surface area contributed by atoms with Crippen molar-refractivity contribution < 1.29 is 9.53 Å². The fourth-order valence-electron chi connectivity index (χ4n) is 2.21. The van der Waals surface area contributed by atoms with Gasteiger partial charge in [0.05, 0.1) is 6.54 Å². The van der Waals surface area contributed by atoms with E-state index in [1.165, 1.54) is 0 Å². The minimum atomic E-state index is -0.188. The predicted molar refractivity (Wildman–Crippen MR) is 106 cm³/mol. The molecule has 2 amide bonds. The molecule has 7 heteroatoms. The van der Waals surface area contributed by atoms with Crippen LogP contribution in [0.1, 0.15) is 0 Å². The van der Waals surface area contributed by atoms with Crippen LogP contribution >= 0.6 is 22.9 Å². The van der Waals surface area contributed by atoms with Crippen LogP contribution in [0, 0.1) is 0 Å². The second-order valence-corrected chi connectivity index (χ2v) is 6.90. The highest BCUT2D eigenvalue weighted by Crippen LogP contribution is 2.23. The van der Waals surface area contributed by atoms with Gasteiger partial charge in [0.1, 0.15) is 17.4 Å². The van der Waals surface area contributed by atoms with E-state index in [1.807, 2.05) is 29.6 Å². The van der Waals surface area contributed by atoms with Gasteiger partial charge in [-0.05, 0) is 48.5 Å². The maximum absolute atomic E-state index is 12.2. The first-order valence-corrected chi connectivity index (χ1v) is 9.28. The summed E-state index contributed by atoms with van der Waals surface area (Å²) in [4.78, 5) is 18.1. The Hall–Kier alpha value is -2.57. The summed E-state index contributed by atoms with van der Waals surface area (Å²) in [6.07, 6.45) is 1.77. The molecule has 0 aliphatic heterocycles. The Morgan fingerprint density at radius 2 is 1.92 bits per heavy atom. The van der Waals surface area contributed by atoms with Gasteiger partial charge in [-0.2, -0.15) is 0 Å². The lowest BCUT2D eigenvalue weighted by atomic mass is 10.2. The zero-order chi connectivity index (χ0) is 18.4. The molecule has 0 bridgehead atoms. The van der Waals surface area contributed by atoms with Crippen molar-refractivity contribution in [2.24, 2.45) is 0 Å². The fraction of sp³-hybridized carbons (Fsp3) is 0.158. The molecule has 0 saturated carbocycles. The molecule has 0 atom stereocenters. The predicted octanol–water partition coefficient (Wildman–Crippen LogP) is 5.01. The molecule has 3 rings (SSSR count). The molecule has 0 aliphatic rings. The molecule has 0 radical (unpaired) electrons. The molecule has 0 spiro atoms. The number of carbonyl (C=O) groups excluding carboxylic acids is 1. The standard InChI is InChI=1S/C19H18ClN3O2S/c1-23(11-12-25-17-8-4-15(20)5-9-17)19(24)22-16-6-2-14(3-7-16)18-21-10-13-26-18/h2-10,13H,11-12H2,1H3,(H,22,24). The van der Waals surface area contributed by atoms with Crippen LogP contribution in [-0.4, -0.2) is 36.1 Å². The SMILES string of the molecule is CN(CCOc1ccc(Cl)cc1)C(=O)Nc1ccc(-c2nccs2)cc1. The summed E-state index contributed by atoms with van der Waals surface area (Å²) in [6.45, 7) is 0.861. The lowest BCUT2D eigenvalue weighted by Crippen LogP contribution is -2.34. The van der Waals surface area contributed by atoms with E-state index in [-0.39, 0.29) is 6.03 Å². The van der Waals surface area contributed by atoms with E-state index in [1.54, 1.807) is 53.7 Å². The third-order valence-electron chi connectivity index (χ3n) is 3.67. The molecule has 5 nitrogen and oxygen atoms in total. The maximum Gasteiger partial charge on any atom is 0.321 e. The van der Waals surface area contributed by atoms with Crippen LogP contribution in [0.5, 0.6) is 5.75 Å². The van der Waals surface area contributed by atoms with Gasteiger partial charge in [-0.3, -0.25) is 0 Å². The van der Waals surface area contributed by atoms with E-state index in [0.717, 1.165) is 22.0 Å². The van der Waals surface area contributed by atoms with Crippen molar-refractivity contribution >= 4 is 34.7 Å². The Morgan fingerprint density at radius 1 is 1.19 bits per heavy atom. The second kappa shape index (κ2) is 8.69. The number of ether oxygens (including phenoxy) is 1. The van der Waals surface area contributed by atoms with Gasteiger partial charge >= 0.3 is 6.03 Å². The quantitative estimate of drug-likeness (QED) is 0.647. The number of urea groups is 1. The van der Waals surface area contributed by atoms with Crippen molar-refractivity contribution in [1.82, 2.24) is 9.88 Å². The van der Waals surface area contributed by atoms with E-state index < -0.39 is 0 Å². The topological polar surface area (TPSA) is 54.5 Å². The van der Waals surface area contributed by atoms with E-state index in [4.69, 9.17) is 16.3 Å². The Labute approximate surface area is 161 Å². The molecule has 1 N–H and O–H groups in total. The number of likely N-dealkylation sites (N-methyl/N-ethyl adjacent to an activating group) is 1. The zero-order valence-corrected chi connectivity index (χ0v) is 15.8. The highest BCUT2D eigenvalue weighted by atomic mass is 35.5. The Balaban J connectivity index is 1.47. The van der Waals surface area contributed by atoms with Gasteiger partial charge in [-0.1, -0.05) is 11.6 Å². The largest absolute Gasteiger partial charge is 0.492 e. The van der Waals surface area contributed by atoms with Gasteiger partial charge in [0.15, 0.2) is 0 Å². The van der Waals surface area contributed by atoms with Crippen molar-refractivity contribution in [2.75, 3.05) is 25.5 Å². The Kier molecular flexibility index (Phi) is 6.09. The van der Waals surface area contributed by atoms with E-state index in [2.05, 4.69) is 10.3 Å². The van der Waals surface area contributed by atoms with Gasteiger partial charge in [-0.25, -0.2) is 9.78 Å². The molecular formula is C19H18ClN3O2S. The van der Waals surface area contributed by atoms with E-state index >= 15 is 0 Å². The number of rotatable bonds is 6. The molecule has 1 aromatic heterocycles. The van der Waals surface area contributed by atoms with Crippen molar-refractivity contribution in [3.8, 4) is 16.3 Å². The van der Waals surface area contributed by atoms with Crippen molar-refractivity contribution in [3.05, 3.63) is 65.1 Å². The maximum atomic E-state index is 12.2.